The number of rotatable bonds is 3. The lowest BCUT2D eigenvalue weighted by atomic mass is 10.0. The SMILES string of the molecule is CN(Cc1ccc(F)cc1C#N)C1CCNCC1. The Labute approximate surface area is 107 Å². The number of hydrogen-bond acceptors (Lipinski definition) is 3. The van der Waals surface area contributed by atoms with Crippen LogP contribution in [-0.4, -0.2) is 31.1 Å². The van der Waals surface area contributed by atoms with Crippen LogP contribution in [0.5, 0.6) is 0 Å². The number of halogens is 1. The highest BCUT2D eigenvalue weighted by Gasteiger charge is 2.18. The van der Waals surface area contributed by atoms with Gasteiger partial charge in [-0.05, 0) is 50.7 Å². The summed E-state index contributed by atoms with van der Waals surface area (Å²) >= 11 is 0. The standard InChI is InChI=1S/C14H18FN3/c1-18(14-4-6-17-7-5-14)10-11-2-3-13(15)8-12(11)9-16/h2-3,8,14,17H,4-7,10H2,1H3. The van der Waals surface area contributed by atoms with Crippen molar-refractivity contribution in [3.63, 3.8) is 0 Å². The molecule has 4 heteroatoms. The van der Waals surface area contributed by atoms with Gasteiger partial charge < -0.3 is 5.32 Å². The van der Waals surface area contributed by atoms with Crippen LogP contribution in [0.2, 0.25) is 0 Å². The van der Waals surface area contributed by atoms with Crippen LogP contribution in [0.4, 0.5) is 4.39 Å². The molecule has 0 atom stereocenters. The van der Waals surface area contributed by atoms with Crippen LogP contribution in [0.3, 0.4) is 0 Å². The normalized spacial score (nSPS) is 16.8. The molecule has 0 unspecified atom stereocenters. The summed E-state index contributed by atoms with van der Waals surface area (Å²) < 4.78 is 13.1. The first-order chi connectivity index (χ1) is 8.70. The fraction of sp³-hybridized carbons (Fsp3) is 0.500. The van der Waals surface area contributed by atoms with Crippen molar-refractivity contribution in [2.75, 3.05) is 20.1 Å². The van der Waals surface area contributed by atoms with Gasteiger partial charge in [-0.3, -0.25) is 4.90 Å². The zero-order chi connectivity index (χ0) is 13.0. The van der Waals surface area contributed by atoms with E-state index in [0.29, 0.717) is 18.2 Å². The highest BCUT2D eigenvalue weighted by atomic mass is 19.1. The molecular formula is C14H18FN3. The van der Waals surface area contributed by atoms with Crippen molar-refractivity contribution >= 4 is 0 Å². The number of benzene rings is 1. The lowest BCUT2D eigenvalue weighted by molar-refractivity contribution is 0.191. The third-order valence-corrected chi connectivity index (χ3v) is 3.54. The van der Waals surface area contributed by atoms with Crippen molar-refractivity contribution in [2.45, 2.75) is 25.4 Å². The zero-order valence-corrected chi connectivity index (χ0v) is 10.6. The van der Waals surface area contributed by atoms with E-state index in [2.05, 4.69) is 23.3 Å². The van der Waals surface area contributed by atoms with Crippen molar-refractivity contribution in [1.29, 1.82) is 5.26 Å². The average molecular weight is 247 g/mol. The Kier molecular flexibility index (Phi) is 4.29. The molecule has 0 spiro atoms. The van der Waals surface area contributed by atoms with E-state index in [1.54, 1.807) is 6.07 Å². The number of piperidine rings is 1. The van der Waals surface area contributed by atoms with Crippen molar-refractivity contribution < 1.29 is 4.39 Å². The van der Waals surface area contributed by atoms with Gasteiger partial charge in [0, 0.05) is 12.6 Å². The molecule has 1 heterocycles. The summed E-state index contributed by atoms with van der Waals surface area (Å²) in [5, 5.41) is 12.4. The van der Waals surface area contributed by atoms with Gasteiger partial charge in [0.2, 0.25) is 0 Å². The quantitative estimate of drug-likeness (QED) is 0.886. The number of nitriles is 1. The molecule has 0 bridgehead atoms. The maximum Gasteiger partial charge on any atom is 0.124 e. The van der Waals surface area contributed by atoms with Crippen LogP contribution in [-0.2, 0) is 6.54 Å². The Bertz CT molecular complexity index is 447. The molecule has 1 N–H and O–H groups in total. The zero-order valence-electron chi connectivity index (χ0n) is 10.6. The molecule has 0 saturated carbocycles. The maximum atomic E-state index is 13.1. The van der Waals surface area contributed by atoms with Crippen molar-refractivity contribution in [1.82, 2.24) is 10.2 Å². The Morgan fingerprint density at radius 3 is 2.83 bits per heavy atom. The minimum Gasteiger partial charge on any atom is -0.317 e. The predicted octanol–water partition coefficient (Wildman–Crippen LogP) is 1.88. The van der Waals surface area contributed by atoms with Gasteiger partial charge in [-0.25, -0.2) is 4.39 Å². The van der Waals surface area contributed by atoms with Gasteiger partial charge in [-0.2, -0.15) is 5.26 Å². The van der Waals surface area contributed by atoms with E-state index in [-0.39, 0.29) is 5.82 Å². The van der Waals surface area contributed by atoms with Crippen LogP contribution in [0.1, 0.15) is 24.0 Å². The van der Waals surface area contributed by atoms with Gasteiger partial charge in [0.15, 0.2) is 0 Å². The lowest BCUT2D eigenvalue weighted by Gasteiger charge is -2.31. The molecule has 1 aliphatic heterocycles. The highest BCUT2D eigenvalue weighted by Crippen LogP contribution is 2.17. The second-order valence-corrected chi connectivity index (χ2v) is 4.81. The van der Waals surface area contributed by atoms with E-state index in [4.69, 9.17) is 5.26 Å². The Morgan fingerprint density at radius 2 is 2.17 bits per heavy atom. The molecule has 0 amide bonds. The average Bonchev–Trinajstić information content (AvgIpc) is 2.41. The van der Waals surface area contributed by atoms with Gasteiger partial charge in [0.1, 0.15) is 5.82 Å². The van der Waals surface area contributed by atoms with E-state index in [1.165, 1.54) is 12.1 Å². The number of hydrogen-bond donors (Lipinski definition) is 1. The summed E-state index contributed by atoms with van der Waals surface area (Å²) in [6.07, 6.45) is 2.25. The summed E-state index contributed by atoms with van der Waals surface area (Å²) in [6, 6.07) is 7.06. The molecule has 1 aromatic carbocycles. The van der Waals surface area contributed by atoms with Gasteiger partial charge in [0.25, 0.3) is 0 Å². The van der Waals surface area contributed by atoms with E-state index >= 15 is 0 Å². The third-order valence-electron chi connectivity index (χ3n) is 3.54. The summed E-state index contributed by atoms with van der Waals surface area (Å²) in [7, 11) is 2.07. The summed E-state index contributed by atoms with van der Waals surface area (Å²) in [5.41, 5.74) is 1.34. The molecule has 1 fully saturated rings. The molecule has 2 rings (SSSR count). The molecule has 1 aromatic rings. The lowest BCUT2D eigenvalue weighted by Crippen LogP contribution is -2.40. The van der Waals surface area contributed by atoms with Crippen molar-refractivity contribution in [3.05, 3.63) is 35.1 Å². The molecule has 0 aromatic heterocycles. The molecule has 1 aliphatic rings. The smallest absolute Gasteiger partial charge is 0.124 e. The summed E-state index contributed by atoms with van der Waals surface area (Å²) in [4.78, 5) is 2.26. The van der Waals surface area contributed by atoms with E-state index in [0.717, 1.165) is 31.5 Å². The summed E-state index contributed by atoms with van der Waals surface area (Å²) in [5.74, 6) is -0.347. The molecule has 18 heavy (non-hydrogen) atoms. The van der Waals surface area contributed by atoms with Crippen LogP contribution in [0.25, 0.3) is 0 Å². The van der Waals surface area contributed by atoms with Gasteiger partial charge in [-0.1, -0.05) is 6.07 Å². The summed E-state index contributed by atoms with van der Waals surface area (Å²) in [6.45, 7) is 2.79. The number of nitrogens with one attached hydrogen (secondary N) is 1. The maximum absolute atomic E-state index is 13.1. The Balaban J connectivity index is 2.06. The minimum atomic E-state index is -0.347. The van der Waals surface area contributed by atoms with Crippen molar-refractivity contribution in [2.24, 2.45) is 0 Å². The highest BCUT2D eigenvalue weighted by molar-refractivity contribution is 5.37. The number of nitrogens with zero attached hydrogens (tertiary/aromatic N) is 2. The molecule has 96 valence electrons. The first-order valence-electron chi connectivity index (χ1n) is 6.30. The first-order valence-corrected chi connectivity index (χ1v) is 6.30. The molecular weight excluding hydrogens is 229 g/mol. The minimum absolute atomic E-state index is 0.347. The fourth-order valence-corrected chi connectivity index (χ4v) is 2.44. The van der Waals surface area contributed by atoms with Crippen LogP contribution >= 0.6 is 0 Å². The second-order valence-electron chi connectivity index (χ2n) is 4.81. The van der Waals surface area contributed by atoms with E-state index in [1.807, 2.05) is 0 Å². The van der Waals surface area contributed by atoms with Crippen LogP contribution in [0, 0.1) is 17.1 Å². The largest absolute Gasteiger partial charge is 0.317 e. The van der Waals surface area contributed by atoms with Gasteiger partial charge >= 0.3 is 0 Å². The van der Waals surface area contributed by atoms with Crippen molar-refractivity contribution in [3.8, 4) is 6.07 Å². The topological polar surface area (TPSA) is 39.1 Å². The van der Waals surface area contributed by atoms with Gasteiger partial charge in [-0.15, -0.1) is 0 Å². The van der Waals surface area contributed by atoms with Crippen LogP contribution in [0.15, 0.2) is 18.2 Å². The first kappa shape index (κ1) is 13.0. The molecule has 0 radical (unpaired) electrons. The van der Waals surface area contributed by atoms with Crippen LogP contribution < -0.4 is 5.32 Å². The van der Waals surface area contributed by atoms with E-state index in [9.17, 15) is 4.39 Å². The van der Waals surface area contributed by atoms with Gasteiger partial charge in [0.05, 0.1) is 11.6 Å². The fourth-order valence-electron chi connectivity index (χ4n) is 2.44. The second kappa shape index (κ2) is 5.94. The molecule has 3 nitrogen and oxygen atoms in total. The Morgan fingerprint density at radius 1 is 1.44 bits per heavy atom. The van der Waals surface area contributed by atoms with E-state index < -0.39 is 0 Å². The monoisotopic (exact) mass is 247 g/mol. The molecule has 0 aliphatic carbocycles. The third kappa shape index (κ3) is 3.06. The predicted molar refractivity (Wildman–Crippen MR) is 68.5 cm³/mol. The Hall–Kier alpha value is -1.44. The molecule has 1 saturated heterocycles.